The van der Waals surface area contributed by atoms with Gasteiger partial charge in [0, 0.05) is 0 Å². The van der Waals surface area contributed by atoms with Crippen molar-refractivity contribution in [1.82, 2.24) is 0 Å². The topological polar surface area (TPSA) is 74.6 Å². The van der Waals surface area contributed by atoms with Crippen LogP contribution in [0.25, 0.3) is 0 Å². The summed E-state index contributed by atoms with van der Waals surface area (Å²) in [7, 11) is -4.67. The first-order valence-electron chi connectivity index (χ1n) is 4.11. The summed E-state index contributed by atoms with van der Waals surface area (Å²) in [6.07, 6.45) is 5.83. The fraction of sp³-hybridized carbons (Fsp3) is 1.00. The van der Waals surface area contributed by atoms with E-state index in [2.05, 4.69) is 6.92 Å². The van der Waals surface area contributed by atoms with Gasteiger partial charge in [-0.05, 0) is 0 Å². The molecule has 0 aromatic heterocycles. The third-order valence-electron chi connectivity index (χ3n) is 1.21. The first kappa shape index (κ1) is 16.0. The molecule has 0 aliphatic carbocycles. The van der Waals surface area contributed by atoms with Crippen LogP contribution in [0.15, 0.2) is 0 Å². The van der Waals surface area contributed by atoms with Crippen molar-refractivity contribution in [3.63, 3.8) is 0 Å². The van der Waals surface area contributed by atoms with Gasteiger partial charge in [0.25, 0.3) is 0 Å². The molecule has 0 heterocycles. The standard InChI is InChI=1S/C6H13.K.H2O4S/c1-3-5-6-4-2;;1-5(2,3)4/h1,3-6H2,2H3;;(H2,1,2,3,4). The van der Waals surface area contributed by atoms with Crippen LogP contribution in [0.3, 0.4) is 0 Å². The van der Waals surface area contributed by atoms with Gasteiger partial charge in [0.05, 0.1) is 0 Å². The molecule has 12 heavy (non-hydrogen) atoms. The fourth-order valence-corrected chi connectivity index (χ4v) is 1.46. The number of hydrogen-bond donors (Lipinski definition) is 2. The van der Waals surface area contributed by atoms with Crippen LogP contribution in [-0.4, -0.2) is 66.5 Å². The van der Waals surface area contributed by atoms with Gasteiger partial charge in [0.2, 0.25) is 0 Å². The fourth-order valence-electron chi connectivity index (χ4n) is 0.677. The van der Waals surface area contributed by atoms with Crippen molar-refractivity contribution in [2.24, 2.45) is 0 Å². The average Bonchev–Trinajstić information content (AvgIpc) is 1.85. The minimum atomic E-state index is -4.67. The van der Waals surface area contributed by atoms with E-state index in [1.54, 1.807) is 0.515 Å². The molecular formula is C6H15KO4S. The molecule has 0 atom stereocenters. The number of unbranched alkanes of at least 4 members (excludes halogenated alkanes) is 3. The van der Waals surface area contributed by atoms with E-state index in [1.165, 1.54) is 25.7 Å². The predicted octanol–water partition coefficient (Wildman–Crippen LogP) is 1.50. The normalized spacial score (nSPS) is 10.4. The molecule has 0 radical (unpaired) electrons. The second-order valence-corrected chi connectivity index (χ2v) is 4.97. The second-order valence-electron chi connectivity index (χ2n) is 2.51. The van der Waals surface area contributed by atoms with Gasteiger partial charge >= 0.3 is 92.5 Å². The monoisotopic (exact) mass is 222 g/mol. The summed E-state index contributed by atoms with van der Waals surface area (Å²) in [6.45, 7) is 2.26. The SMILES string of the molecule is CCCCC[CH2][K].O=S(=O)(O)O. The molecule has 0 saturated carbocycles. The van der Waals surface area contributed by atoms with Crippen molar-refractivity contribution < 1.29 is 17.5 Å². The number of rotatable bonds is 4. The van der Waals surface area contributed by atoms with Gasteiger partial charge in [0.1, 0.15) is 0 Å². The van der Waals surface area contributed by atoms with E-state index in [0.717, 1.165) is 49.0 Å². The third kappa shape index (κ3) is 41.9. The first-order valence-corrected chi connectivity index (χ1v) is 7.72. The molecule has 0 saturated heterocycles. The van der Waals surface area contributed by atoms with Crippen LogP contribution in [0.2, 0.25) is 0.515 Å². The van der Waals surface area contributed by atoms with Gasteiger partial charge in [-0.1, -0.05) is 0 Å². The molecule has 0 spiro atoms. The van der Waals surface area contributed by atoms with E-state index < -0.39 is 10.4 Å². The zero-order valence-electron chi connectivity index (χ0n) is 7.65. The van der Waals surface area contributed by atoms with E-state index in [-0.39, 0.29) is 0 Å². The second kappa shape index (κ2) is 10.6. The van der Waals surface area contributed by atoms with Crippen LogP contribution >= 0.6 is 0 Å². The van der Waals surface area contributed by atoms with Crippen LogP contribution in [0.1, 0.15) is 32.6 Å². The average molecular weight is 222 g/mol. The maximum Gasteiger partial charge on any atom is 0.394 e. The van der Waals surface area contributed by atoms with Crippen LogP contribution < -0.4 is 0 Å². The largest absolute Gasteiger partial charge is 0.394 e. The van der Waals surface area contributed by atoms with E-state index >= 15 is 0 Å². The minimum absolute atomic E-state index is 1.11. The molecule has 4 nitrogen and oxygen atoms in total. The summed E-state index contributed by atoms with van der Waals surface area (Å²) in [6, 6.07) is 0. The molecule has 0 aliphatic heterocycles. The molecule has 0 aromatic rings. The van der Waals surface area contributed by atoms with Gasteiger partial charge in [-0.15, -0.1) is 0 Å². The molecule has 2 N–H and O–H groups in total. The molecule has 0 fully saturated rings. The summed E-state index contributed by atoms with van der Waals surface area (Å²) < 4.78 is 33.1. The molecular weight excluding hydrogens is 207 g/mol. The van der Waals surface area contributed by atoms with Crippen LogP contribution in [0, 0.1) is 0 Å². The van der Waals surface area contributed by atoms with Gasteiger partial charge in [-0.25, -0.2) is 0 Å². The maximum atomic E-state index is 8.74. The van der Waals surface area contributed by atoms with Crippen molar-refractivity contribution in [3.05, 3.63) is 0 Å². The third-order valence-corrected chi connectivity index (χ3v) is 2.31. The Morgan fingerprint density at radius 2 is 1.58 bits per heavy atom. The Labute approximate surface area is 108 Å². The van der Waals surface area contributed by atoms with Crippen LogP contribution in [-0.2, 0) is 10.4 Å². The Balaban J connectivity index is 0. The summed E-state index contributed by atoms with van der Waals surface area (Å²) >= 11 is 1.11. The van der Waals surface area contributed by atoms with E-state index in [4.69, 9.17) is 17.5 Å². The Morgan fingerprint density at radius 1 is 1.17 bits per heavy atom. The van der Waals surface area contributed by atoms with Gasteiger partial charge in [-0.3, -0.25) is 9.11 Å². The molecule has 0 aliphatic rings. The summed E-state index contributed by atoms with van der Waals surface area (Å²) in [5, 5.41) is 0. The summed E-state index contributed by atoms with van der Waals surface area (Å²) in [5.74, 6) is 0. The summed E-state index contributed by atoms with van der Waals surface area (Å²) in [4.78, 5) is 0. The van der Waals surface area contributed by atoms with Crippen molar-refractivity contribution in [1.29, 1.82) is 0 Å². The zero-order valence-corrected chi connectivity index (χ0v) is 11.6. The zero-order chi connectivity index (χ0) is 10.0. The van der Waals surface area contributed by atoms with E-state index in [0.29, 0.717) is 0 Å². The van der Waals surface area contributed by atoms with Gasteiger partial charge in [0.15, 0.2) is 0 Å². The minimum Gasteiger partial charge on any atom is -0.264 e. The Hall–Kier alpha value is 1.51. The molecule has 0 aromatic carbocycles. The van der Waals surface area contributed by atoms with Crippen molar-refractivity contribution >= 4 is 59.4 Å². The van der Waals surface area contributed by atoms with Gasteiger partial charge < -0.3 is 0 Å². The quantitative estimate of drug-likeness (QED) is 0.429. The molecule has 0 unspecified atom stereocenters. The van der Waals surface area contributed by atoms with Gasteiger partial charge in [-0.2, -0.15) is 8.42 Å². The molecule has 70 valence electrons. The maximum absolute atomic E-state index is 8.74. The van der Waals surface area contributed by atoms with Crippen LogP contribution in [0.5, 0.6) is 0 Å². The predicted molar refractivity (Wildman–Crippen MR) is 48.9 cm³/mol. The van der Waals surface area contributed by atoms with Crippen molar-refractivity contribution in [3.8, 4) is 0 Å². The molecule has 0 bridgehead atoms. The van der Waals surface area contributed by atoms with Crippen molar-refractivity contribution in [2.75, 3.05) is 0 Å². The smallest absolute Gasteiger partial charge is 0.264 e. The molecule has 0 rings (SSSR count). The van der Waals surface area contributed by atoms with Crippen molar-refractivity contribution in [2.45, 2.75) is 33.1 Å². The number of hydrogen-bond acceptors (Lipinski definition) is 2. The molecule has 6 heteroatoms. The summed E-state index contributed by atoms with van der Waals surface area (Å²) in [5.41, 5.74) is 0. The van der Waals surface area contributed by atoms with Crippen LogP contribution in [0.4, 0.5) is 0 Å². The Kier molecular flexibility index (Phi) is 14.1. The van der Waals surface area contributed by atoms with E-state index in [1.807, 2.05) is 0 Å². The Bertz CT molecular complexity index is 154. The Morgan fingerprint density at radius 3 is 1.83 bits per heavy atom. The van der Waals surface area contributed by atoms with E-state index in [9.17, 15) is 0 Å². The first-order chi connectivity index (χ1) is 5.41. The molecule has 0 amide bonds.